The number of nitrogens with zero attached hydrogens (tertiary/aromatic N) is 1. The minimum absolute atomic E-state index is 0.0140. The molecule has 29 heavy (non-hydrogen) atoms. The van der Waals surface area contributed by atoms with Gasteiger partial charge in [-0.3, -0.25) is 14.5 Å². The SMILES string of the molecule is Cc1cccc(C)c1NC(=O)Nc1ccc2c(c1)C(=O)N(C1CCCCC1)C2=O. The first-order valence-electron chi connectivity index (χ1n) is 10.1. The molecule has 2 aromatic carbocycles. The number of hydrogen-bond donors (Lipinski definition) is 2. The molecule has 2 N–H and O–H groups in total. The monoisotopic (exact) mass is 391 g/mol. The van der Waals surface area contributed by atoms with Crippen molar-refractivity contribution in [2.75, 3.05) is 10.6 Å². The number of carbonyl (C=O) groups excluding carboxylic acids is 3. The molecule has 0 spiro atoms. The molecule has 1 aliphatic heterocycles. The van der Waals surface area contributed by atoms with Gasteiger partial charge in [0, 0.05) is 17.4 Å². The van der Waals surface area contributed by atoms with E-state index in [1.165, 1.54) is 4.90 Å². The highest BCUT2D eigenvalue weighted by Crippen LogP contribution is 2.32. The zero-order chi connectivity index (χ0) is 20.5. The van der Waals surface area contributed by atoms with Crippen LogP contribution in [0.15, 0.2) is 36.4 Å². The van der Waals surface area contributed by atoms with Crippen LogP contribution in [0.2, 0.25) is 0 Å². The van der Waals surface area contributed by atoms with Crippen molar-refractivity contribution in [2.24, 2.45) is 0 Å². The average molecular weight is 391 g/mol. The number of aryl methyl sites for hydroxylation is 2. The topological polar surface area (TPSA) is 78.5 Å². The molecule has 1 heterocycles. The van der Waals surface area contributed by atoms with E-state index in [1.54, 1.807) is 18.2 Å². The van der Waals surface area contributed by atoms with Gasteiger partial charge in [0.1, 0.15) is 0 Å². The fraction of sp³-hybridized carbons (Fsp3) is 0.348. The van der Waals surface area contributed by atoms with Gasteiger partial charge in [-0.05, 0) is 56.0 Å². The lowest BCUT2D eigenvalue weighted by Gasteiger charge is -2.29. The maximum absolute atomic E-state index is 12.9. The number of imide groups is 1. The van der Waals surface area contributed by atoms with Crippen LogP contribution in [-0.4, -0.2) is 28.8 Å². The summed E-state index contributed by atoms with van der Waals surface area (Å²) in [6.07, 6.45) is 4.99. The van der Waals surface area contributed by atoms with Crippen LogP contribution in [0, 0.1) is 13.8 Å². The maximum Gasteiger partial charge on any atom is 0.323 e. The molecule has 4 rings (SSSR count). The normalized spacial score (nSPS) is 16.7. The predicted molar refractivity (Wildman–Crippen MR) is 112 cm³/mol. The zero-order valence-electron chi connectivity index (χ0n) is 16.7. The second-order valence-corrected chi connectivity index (χ2v) is 7.88. The Kier molecular flexibility index (Phi) is 5.09. The number of anilines is 2. The lowest BCUT2D eigenvalue weighted by atomic mass is 9.94. The van der Waals surface area contributed by atoms with Gasteiger partial charge >= 0.3 is 6.03 Å². The quantitative estimate of drug-likeness (QED) is 0.732. The molecule has 6 heteroatoms. The van der Waals surface area contributed by atoms with Crippen LogP contribution in [0.5, 0.6) is 0 Å². The summed E-state index contributed by atoms with van der Waals surface area (Å²) in [5, 5.41) is 5.64. The smallest absolute Gasteiger partial charge is 0.308 e. The van der Waals surface area contributed by atoms with E-state index < -0.39 is 0 Å². The van der Waals surface area contributed by atoms with E-state index in [-0.39, 0.29) is 23.9 Å². The summed E-state index contributed by atoms with van der Waals surface area (Å²) < 4.78 is 0. The minimum Gasteiger partial charge on any atom is -0.308 e. The highest BCUT2D eigenvalue weighted by atomic mass is 16.2. The van der Waals surface area contributed by atoms with Crippen molar-refractivity contribution in [1.82, 2.24) is 4.90 Å². The number of nitrogens with one attached hydrogen (secondary N) is 2. The van der Waals surface area contributed by atoms with Crippen LogP contribution in [0.4, 0.5) is 16.2 Å². The summed E-state index contributed by atoms with van der Waals surface area (Å²) in [5.41, 5.74) is 3.97. The Labute approximate surface area is 170 Å². The molecule has 0 aromatic heterocycles. The van der Waals surface area contributed by atoms with Gasteiger partial charge < -0.3 is 10.6 Å². The molecule has 4 amide bonds. The van der Waals surface area contributed by atoms with Gasteiger partial charge in [-0.15, -0.1) is 0 Å². The maximum atomic E-state index is 12.9. The van der Waals surface area contributed by atoms with Crippen molar-refractivity contribution in [1.29, 1.82) is 0 Å². The van der Waals surface area contributed by atoms with Crippen molar-refractivity contribution in [2.45, 2.75) is 52.0 Å². The second-order valence-electron chi connectivity index (χ2n) is 7.88. The van der Waals surface area contributed by atoms with E-state index in [4.69, 9.17) is 0 Å². The molecule has 0 radical (unpaired) electrons. The van der Waals surface area contributed by atoms with Crippen molar-refractivity contribution < 1.29 is 14.4 Å². The van der Waals surface area contributed by atoms with Gasteiger partial charge in [-0.2, -0.15) is 0 Å². The highest BCUT2D eigenvalue weighted by molar-refractivity contribution is 6.22. The van der Waals surface area contributed by atoms with E-state index in [9.17, 15) is 14.4 Å². The van der Waals surface area contributed by atoms with E-state index in [0.29, 0.717) is 16.8 Å². The molecule has 0 atom stereocenters. The highest BCUT2D eigenvalue weighted by Gasteiger charge is 2.40. The van der Waals surface area contributed by atoms with E-state index in [2.05, 4.69) is 10.6 Å². The Bertz CT molecular complexity index is 973. The van der Waals surface area contributed by atoms with Gasteiger partial charge in [0.15, 0.2) is 0 Å². The molecule has 150 valence electrons. The van der Waals surface area contributed by atoms with Crippen molar-refractivity contribution in [3.05, 3.63) is 58.7 Å². The lowest BCUT2D eigenvalue weighted by Crippen LogP contribution is -2.40. The zero-order valence-corrected chi connectivity index (χ0v) is 16.7. The van der Waals surface area contributed by atoms with Gasteiger partial charge in [0.25, 0.3) is 11.8 Å². The third kappa shape index (κ3) is 3.62. The number of fused-ring (bicyclic) bond motifs is 1. The van der Waals surface area contributed by atoms with E-state index >= 15 is 0 Å². The molecule has 0 unspecified atom stereocenters. The first-order chi connectivity index (χ1) is 14.0. The number of amides is 4. The van der Waals surface area contributed by atoms with Crippen LogP contribution >= 0.6 is 0 Å². The van der Waals surface area contributed by atoms with Gasteiger partial charge in [0.05, 0.1) is 11.1 Å². The number of carbonyl (C=O) groups is 3. The van der Waals surface area contributed by atoms with Crippen LogP contribution in [-0.2, 0) is 0 Å². The lowest BCUT2D eigenvalue weighted by molar-refractivity contribution is 0.0549. The Balaban J connectivity index is 1.51. The molecule has 2 aromatic rings. The van der Waals surface area contributed by atoms with Gasteiger partial charge in [0.2, 0.25) is 0 Å². The summed E-state index contributed by atoms with van der Waals surface area (Å²) in [7, 11) is 0. The van der Waals surface area contributed by atoms with Crippen LogP contribution in [0.1, 0.15) is 63.9 Å². The summed E-state index contributed by atoms with van der Waals surface area (Å²) in [5.74, 6) is -0.473. The van der Waals surface area contributed by atoms with Crippen molar-refractivity contribution >= 4 is 29.2 Å². The largest absolute Gasteiger partial charge is 0.323 e. The number of para-hydroxylation sites is 1. The van der Waals surface area contributed by atoms with Crippen molar-refractivity contribution in [3.63, 3.8) is 0 Å². The van der Waals surface area contributed by atoms with Crippen LogP contribution in [0.3, 0.4) is 0 Å². The summed E-state index contributed by atoms with van der Waals surface area (Å²) >= 11 is 0. The summed E-state index contributed by atoms with van der Waals surface area (Å²) in [6.45, 7) is 3.87. The van der Waals surface area contributed by atoms with E-state index in [1.807, 2.05) is 32.0 Å². The average Bonchev–Trinajstić information content (AvgIpc) is 2.95. The molecule has 1 saturated carbocycles. The molecule has 0 bridgehead atoms. The summed E-state index contributed by atoms with van der Waals surface area (Å²) in [4.78, 5) is 39.5. The standard InChI is InChI=1S/C23H25N3O3/c1-14-7-6-8-15(2)20(14)25-23(29)24-16-11-12-18-19(13-16)22(28)26(21(18)27)17-9-4-3-5-10-17/h6-8,11-13,17H,3-5,9-10H2,1-2H3,(H2,24,25,29). The molecule has 1 fully saturated rings. The Morgan fingerprint density at radius 1 is 0.897 bits per heavy atom. The fourth-order valence-corrected chi connectivity index (χ4v) is 4.30. The molecular weight excluding hydrogens is 366 g/mol. The third-order valence-electron chi connectivity index (χ3n) is 5.84. The van der Waals surface area contributed by atoms with Crippen LogP contribution < -0.4 is 10.6 Å². The number of rotatable bonds is 3. The Morgan fingerprint density at radius 2 is 1.55 bits per heavy atom. The number of urea groups is 1. The fourth-order valence-electron chi connectivity index (χ4n) is 4.30. The number of hydrogen-bond acceptors (Lipinski definition) is 3. The Morgan fingerprint density at radius 3 is 2.24 bits per heavy atom. The van der Waals surface area contributed by atoms with E-state index in [0.717, 1.165) is 48.9 Å². The predicted octanol–water partition coefficient (Wildman–Crippen LogP) is 4.88. The Hall–Kier alpha value is -3.15. The van der Waals surface area contributed by atoms with Crippen molar-refractivity contribution in [3.8, 4) is 0 Å². The first kappa shape index (κ1) is 19.2. The molecule has 0 saturated heterocycles. The molecular formula is C23H25N3O3. The minimum atomic E-state index is -0.386. The van der Waals surface area contributed by atoms with Gasteiger partial charge in [-0.1, -0.05) is 37.5 Å². The molecule has 6 nitrogen and oxygen atoms in total. The molecule has 2 aliphatic rings. The second kappa shape index (κ2) is 7.70. The summed E-state index contributed by atoms with van der Waals surface area (Å²) in [6, 6.07) is 10.3. The van der Waals surface area contributed by atoms with Crippen LogP contribution in [0.25, 0.3) is 0 Å². The first-order valence-corrected chi connectivity index (χ1v) is 10.1. The number of benzene rings is 2. The van der Waals surface area contributed by atoms with Gasteiger partial charge in [-0.25, -0.2) is 4.79 Å². The molecule has 1 aliphatic carbocycles. The third-order valence-corrected chi connectivity index (χ3v) is 5.84.